The second-order valence-corrected chi connectivity index (χ2v) is 7.79. The van der Waals surface area contributed by atoms with Crippen LogP contribution in [0.3, 0.4) is 0 Å². The predicted octanol–water partition coefficient (Wildman–Crippen LogP) is 2.40. The van der Waals surface area contributed by atoms with Crippen LogP contribution in [-0.4, -0.2) is 67.6 Å². The summed E-state index contributed by atoms with van der Waals surface area (Å²) in [6, 6.07) is 11.6. The highest BCUT2D eigenvalue weighted by atomic mass is 16.5. The number of morpholine rings is 1. The first-order valence-corrected chi connectivity index (χ1v) is 10.9. The van der Waals surface area contributed by atoms with Gasteiger partial charge in [-0.15, -0.1) is 0 Å². The van der Waals surface area contributed by atoms with Crippen LogP contribution in [0.15, 0.2) is 42.6 Å². The van der Waals surface area contributed by atoms with Gasteiger partial charge in [-0.3, -0.25) is 9.59 Å². The van der Waals surface area contributed by atoms with Gasteiger partial charge < -0.3 is 25.2 Å². The van der Waals surface area contributed by atoms with Crippen molar-refractivity contribution in [1.29, 1.82) is 0 Å². The molecule has 2 aliphatic rings. The molecular weight excluding hydrogens is 394 g/mol. The number of benzene rings is 1. The molecule has 0 atom stereocenters. The fourth-order valence-corrected chi connectivity index (χ4v) is 3.88. The maximum absolute atomic E-state index is 12.5. The van der Waals surface area contributed by atoms with Gasteiger partial charge in [0.05, 0.1) is 13.2 Å². The second-order valence-electron chi connectivity index (χ2n) is 7.79. The van der Waals surface area contributed by atoms with Gasteiger partial charge in [0.2, 0.25) is 5.91 Å². The fourth-order valence-electron chi connectivity index (χ4n) is 3.88. The van der Waals surface area contributed by atoms with E-state index in [1.807, 2.05) is 17.0 Å². The lowest BCUT2D eigenvalue weighted by Gasteiger charge is -2.28. The zero-order valence-electron chi connectivity index (χ0n) is 17.7. The molecule has 3 heterocycles. The number of hydrogen-bond donors (Lipinski definition) is 2. The van der Waals surface area contributed by atoms with Crippen LogP contribution >= 0.6 is 0 Å². The second kappa shape index (κ2) is 10.3. The maximum Gasteiger partial charge on any atom is 0.251 e. The molecule has 31 heavy (non-hydrogen) atoms. The van der Waals surface area contributed by atoms with E-state index < -0.39 is 0 Å². The van der Waals surface area contributed by atoms with E-state index in [-0.39, 0.29) is 11.8 Å². The first kappa shape index (κ1) is 21.1. The van der Waals surface area contributed by atoms with Crippen LogP contribution in [-0.2, 0) is 9.53 Å². The summed E-state index contributed by atoms with van der Waals surface area (Å²) in [5, 5.41) is 6.18. The summed E-state index contributed by atoms with van der Waals surface area (Å²) in [5.41, 5.74) is 2.64. The van der Waals surface area contributed by atoms with Crippen molar-refractivity contribution < 1.29 is 14.3 Å². The number of rotatable bonds is 8. The number of nitrogens with one attached hydrogen (secondary N) is 2. The largest absolute Gasteiger partial charge is 0.378 e. The van der Waals surface area contributed by atoms with Crippen LogP contribution in [0.5, 0.6) is 0 Å². The standard InChI is InChI=1S/C23H29N5O3/c29-22-3-1-11-28(22)12-2-9-25-23(30)18-8-10-24-21(17-18)26-19-4-6-20(7-5-19)27-13-15-31-16-14-27/h4-8,10,17H,1-3,9,11-16H2,(H,24,26)(H,25,30). The Hall–Kier alpha value is -3.13. The van der Waals surface area contributed by atoms with E-state index in [9.17, 15) is 9.59 Å². The van der Waals surface area contributed by atoms with Gasteiger partial charge in [0, 0.05) is 62.3 Å². The molecule has 0 unspecified atom stereocenters. The SMILES string of the molecule is O=C(NCCCN1CCCC1=O)c1ccnc(Nc2ccc(N3CCOCC3)cc2)c1. The highest BCUT2D eigenvalue weighted by Gasteiger charge is 2.19. The van der Waals surface area contributed by atoms with Crippen molar-refractivity contribution >= 4 is 29.0 Å². The third-order valence-electron chi connectivity index (χ3n) is 5.60. The lowest BCUT2D eigenvalue weighted by molar-refractivity contribution is -0.127. The Kier molecular flexibility index (Phi) is 6.99. The molecule has 2 aliphatic heterocycles. The fraction of sp³-hybridized carbons (Fsp3) is 0.435. The van der Waals surface area contributed by atoms with E-state index in [2.05, 4.69) is 32.7 Å². The molecule has 8 nitrogen and oxygen atoms in total. The van der Waals surface area contributed by atoms with Crippen LogP contribution in [0.4, 0.5) is 17.2 Å². The molecule has 2 saturated heterocycles. The van der Waals surface area contributed by atoms with Crippen LogP contribution in [0, 0.1) is 0 Å². The zero-order chi connectivity index (χ0) is 21.5. The summed E-state index contributed by atoms with van der Waals surface area (Å²) < 4.78 is 5.40. The third-order valence-corrected chi connectivity index (χ3v) is 5.60. The maximum atomic E-state index is 12.5. The van der Waals surface area contributed by atoms with Crippen molar-refractivity contribution in [3.63, 3.8) is 0 Å². The number of carbonyl (C=O) groups is 2. The lowest BCUT2D eigenvalue weighted by atomic mass is 10.2. The molecule has 0 spiro atoms. The minimum absolute atomic E-state index is 0.138. The topological polar surface area (TPSA) is 86.8 Å². The highest BCUT2D eigenvalue weighted by molar-refractivity contribution is 5.94. The Morgan fingerprint density at radius 3 is 2.65 bits per heavy atom. The van der Waals surface area contributed by atoms with Crippen LogP contribution in [0.25, 0.3) is 0 Å². The van der Waals surface area contributed by atoms with Crippen molar-refractivity contribution in [2.45, 2.75) is 19.3 Å². The number of anilines is 3. The predicted molar refractivity (Wildman–Crippen MR) is 120 cm³/mol. The molecule has 0 aliphatic carbocycles. The quantitative estimate of drug-likeness (QED) is 0.634. The van der Waals surface area contributed by atoms with Gasteiger partial charge in [0.15, 0.2) is 0 Å². The van der Waals surface area contributed by atoms with E-state index in [1.54, 1.807) is 18.3 Å². The van der Waals surface area contributed by atoms with Gasteiger partial charge in [-0.1, -0.05) is 0 Å². The number of ether oxygens (including phenoxy) is 1. The molecule has 4 rings (SSSR count). The van der Waals surface area contributed by atoms with Crippen LogP contribution < -0.4 is 15.5 Å². The number of amides is 2. The summed E-state index contributed by atoms with van der Waals surface area (Å²) >= 11 is 0. The molecule has 1 aromatic heterocycles. The highest BCUT2D eigenvalue weighted by Crippen LogP contribution is 2.21. The minimum atomic E-state index is -0.138. The first-order valence-electron chi connectivity index (χ1n) is 10.9. The summed E-state index contributed by atoms with van der Waals surface area (Å²) in [6.45, 7) is 5.39. The Bertz CT molecular complexity index is 896. The molecule has 2 fully saturated rings. The average molecular weight is 424 g/mol. The summed E-state index contributed by atoms with van der Waals surface area (Å²) in [5.74, 6) is 0.699. The number of carbonyl (C=O) groups excluding carboxylic acids is 2. The summed E-state index contributed by atoms with van der Waals surface area (Å²) in [6.07, 6.45) is 3.97. The van der Waals surface area contributed by atoms with Gasteiger partial charge >= 0.3 is 0 Å². The Morgan fingerprint density at radius 1 is 1.10 bits per heavy atom. The Labute approximate surface area is 182 Å². The molecule has 0 radical (unpaired) electrons. The van der Waals surface area contributed by atoms with Gasteiger partial charge in [0.1, 0.15) is 5.82 Å². The minimum Gasteiger partial charge on any atom is -0.378 e. The van der Waals surface area contributed by atoms with Crippen molar-refractivity contribution in [2.24, 2.45) is 0 Å². The van der Waals surface area contributed by atoms with Gasteiger partial charge in [0.25, 0.3) is 5.91 Å². The molecule has 8 heteroatoms. The summed E-state index contributed by atoms with van der Waals surface area (Å²) in [7, 11) is 0. The molecule has 2 aromatic rings. The Morgan fingerprint density at radius 2 is 1.90 bits per heavy atom. The van der Waals surface area contributed by atoms with Crippen LogP contribution in [0.2, 0.25) is 0 Å². The van der Waals surface area contributed by atoms with Gasteiger partial charge in [-0.05, 0) is 49.2 Å². The van der Waals surface area contributed by atoms with Crippen molar-refractivity contribution in [2.75, 3.05) is 56.2 Å². The van der Waals surface area contributed by atoms with Gasteiger partial charge in [-0.25, -0.2) is 4.98 Å². The van der Waals surface area contributed by atoms with E-state index in [4.69, 9.17) is 4.74 Å². The number of hydrogen-bond acceptors (Lipinski definition) is 6. The van der Waals surface area contributed by atoms with Crippen molar-refractivity contribution in [3.8, 4) is 0 Å². The van der Waals surface area contributed by atoms with E-state index in [0.29, 0.717) is 30.9 Å². The summed E-state index contributed by atoms with van der Waals surface area (Å²) in [4.78, 5) is 32.6. The smallest absolute Gasteiger partial charge is 0.251 e. The first-order chi connectivity index (χ1) is 15.2. The number of aromatic nitrogens is 1. The van der Waals surface area contributed by atoms with Crippen LogP contribution in [0.1, 0.15) is 29.6 Å². The third kappa shape index (κ3) is 5.73. The molecule has 0 saturated carbocycles. The Balaban J connectivity index is 1.27. The monoisotopic (exact) mass is 423 g/mol. The molecule has 2 N–H and O–H groups in total. The van der Waals surface area contributed by atoms with E-state index >= 15 is 0 Å². The molecule has 0 bridgehead atoms. The van der Waals surface area contributed by atoms with E-state index in [1.165, 1.54) is 5.69 Å². The van der Waals surface area contributed by atoms with Crippen molar-refractivity contribution in [1.82, 2.24) is 15.2 Å². The lowest BCUT2D eigenvalue weighted by Crippen LogP contribution is -2.36. The van der Waals surface area contributed by atoms with Crippen molar-refractivity contribution in [3.05, 3.63) is 48.2 Å². The zero-order valence-corrected chi connectivity index (χ0v) is 17.7. The normalized spacial score (nSPS) is 16.5. The molecular formula is C23H29N5O3. The molecule has 164 valence electrons. The number of likely N-dealkylation sites (tertiary alicyclic amines) is 1. The number of nitrogens with zero attached hydrogens (tertiary/aromatic N) is 3. The average Bonchev–Trinajstić information content (AvgIpc) is 3.22. The molecule has 1 aromatic carbocycles. The number of pyridine rings is 1. The molecule has 2 amide bonds. The van der Waals surface area contributed by atoms with E-state index in [0.717, 1.165) is 51.4 Å². The van der Waals surface area contributed by atoms with Gasteiger partial charge in [-0.2, -0.15) is 0 Å².